The second kappa shape index (κ2) is 13.2. The molecule has 1 atom stereocenters. The number of rotatable bonds is 9. The molecule has 0 aliphatic heterocycles. The molecule has 2 aromatic carbocycles. The fraction of sp³-hybridized carbons (Fsp3) is 0.400. The SMILES string of the molecule is CCC(C)Oc1cc(C)ccc1CNC(=NCc1ccccc1)NCc1nnc(C)n1C.I. The molecule has 0 saturated carbocycles. The van der Waals surface area contributed by atoms with Crippen LogP contribution in [-0.4, -0.2) is 26.8 Å². The van der Waals surface area contributed by atoms with Gasteiger partial charge in [-0.15, -0.1) is 34.2 Å². The van der Waals surface area contributed by atoms with Crippen molar-refractivity contribution in [2.75, 3.05) is 0 Å². The molecule has 7 nitrogen and oxygen atoms in total. The highest BCUT2D eigenvalue weighted by atomic mass is 127. The number of ether oxygens (including phenoxy) is 1. The highest BCUT2D eigenvalue weighted by Crippen LogP contribution is 2.22. The minimum atomic E-state index is 0. The van der Waals surface area contributed by atoms with Gasteiger partial charge in [-0.05, 0) is 44.4 Å². The quantitative estimate of drug-likeness (QED) is 0.226. The molecule has 2 N–H and O–H groups in total. The van der Waals surface area contributed by atoms with Crippen LogP contribution in [0.25, 0.3) is 0 Å². The van der Waals surface area contributed by atoms with Crippen molar-refractivity contribution in [3.63, 3.8) is 0 Å². The van der Waals surface area contributed by atoms with Crippen LogP contribution < -0.4 is 15.4 Å². The topological polar surface area (TPSA) is 76.4 Å². The molecule has 3 aromatic rings. The number of hydrogen-bond donors (Lipinski definition) is 2. The molecule has 1 unspecified atom stereocenters. The number of hydrogen-bond acceptors (Lipinski definition) is 4. The molecule has 33 heavy (non-hydrogen) atoms. The van der Waals surface area contributed by atoms with E-state index in [0.29, 0.717) is 25.6 Å². The zero-order valence-corrected chi connectivity index (χ0v) is 22.5. The van der Waals surface area contributed by atoms with E-state index in [0.717, 1.165) is 34.9 Å². The molecule has 0 radical (unpaired) electrons. The largest absolute Gasteiger partial charge is 0.490 e. The minimum Gasteiger partial charge on any atom is -0.490 e. The Morgan fingerprint density at radius 1 is 1.06 bits per heavy atom. The van der Waals surface area contributed by atoms with E-state index in [9.17, 15) is 0 Å². The fourth-order valence-corrected chi connectivity index (χ4v) is 3.09. The van der Waals surface area contributed by atoms with E-state index in [1.165, 1.54) is 5.56 Å². The molecule has 3 rings (SSSR count). The minimum absolute atomic E-state index is 0. The summed E-state index contributed by atoms with van der Waals surface area (Å²) >= 11 is 0. The molecule has 0 aliphatic carbocycles. The summed E-state index contributed by atoms with van der Waals surface area (Å²) < 4.78 is 8.14. The van der Waals surface area contributed by atoms with Crippen molar-refractivity contribution in [1.29, 1.82) is 0 Å². The van der Waals surface area contributed by atoms with Gasteiger partial charge in [0.2, 0.25) is 0 Å². The third kappa shape index (κ3) is 8.03. The van der Waals surface area contributed by atoms with Gasteiger partial charge < -0.3 is 19.9 Å². The first-order valence-corrected chi connectivity index (χ1v) is 11.1. The number of benzene rings is 2. The summed E-state index contributed by atoms with van der Waals surface area (Å²) in [7, 11) is 1.96. The Balaban J connectivity index is 0.00000385. The molecule has 0 saturated heterocycles. The summed E-state index contributed by atoms with van der Waals surface area (Å²) in [5, 5.41) is 15.2. The maximum Gasteiger partial charge on any atom is 0.192 e. The molecule has 0 aliphatic rings. The van der Waals surface area contributed by atoms with Gasteiger partial charge in [0, 0.05) is 19.2 Å². The van der Waals surface area contributed by atoms with Crippen LogP contribution in [0.15, 0.2) is 53.5 Å². The van der Waals surface area contributed by atoms with Crippen molar-refractivity contribution in [2.45, 2.75) is 59.9 Å². The Hall–Kier alpha value is -2.62. The molecule has 1 heterocycles. The van der Waals surface area contributed by atoms with Gasteiger partial charge in [-0.2, -0.15) is 0 Å². The van der Waals surface area contributed by atoms with Gasteiger partial charge in [-0.1, -0.05) is 49.4 Å². The molecule has 8 heteroatoms. The molecule has 0 fully saturated rings. The summed E-state index contributed by atoms with van der Waals surface area (Å²) in [5.74, 6) is 3.36. The number of guanidine groups is 1. The fourth-order valence-electron chi connectivity index (χ4n) is 3.09. The molecular formula is C25H35IN6O. The van der Waals surface area contributed by atoms with Crippen LogP contribution in [0, 0.1) is 13.8 Å². The molecule has 1 aromatic heterocycles. The van der Waals surface area contributed by atoms with Gasteiger partial charge in [0.25, 0.3) is 0 Å². The molecule has 0 spiro atoms. The number of nitrogens with one attached hydrogen (secondary N) is 2. The average molecular weight is 563 g/mol. The lowest BCUT2D eigenvalue weighted by atomic mass is 10.1. The number of aliphatic imine (C=N–C) groups is 1. The first-order chi connectivity index (χ1) is 15.5. The van der Waals surface area contributed by atoms with Crippen LogP contribution in [0.4, 0.5) is 0 Å². The summed E-state index contributed by atoms with van der Waals surface area (Å²) in [6, 6.07) is 16.5. The second-order valence-corrected chi connectivity index (χ2v) is 8.03. The van der Waals surface area contributed by atoms with E-state index in [1.807, 2.05) is 36.7 Å². The Kier molecular flexibility index (Phi) is 10.6. The highest BCUT2D eigenvalue weighted by Gasteiger charge is 2.10. The summed E-state index contributed by atoms with van der Waals surface area (Å²) in [6.07, 6.45) is 1.13. The third-order valence-corrected chi connectivity index (χ3v) is 5.43. The number of nitrogens with zero attached hydrogens (tertiary/aromatic N) is 4. The lowest BCUT2D eigenvalue weighted by Crippen LogP contribution is -2.37. The standard InChI is InChI=1S/C25H34N6O.HI/c1-6-19(3)32-23-14-18(2)12-13-22(23)16-27-25(26-15-21-10-8-7-9-11-21)28-17-24-30-29-20(4)31(24)5;/h7-14,19H,6,15-17H2,1-5H3,(H2,26,27,28);1H. The average Bonchev–Trinajstić information content (AvgIpc) is 3.12. The van der Waals surface area contributed by atoms with E-state index in [-0.39, 0.29) is 30.1 Å². The summed E-state index contributed by atoms with van der Waals surface area (Å²) in [6.45, 7) is 9.96. The Morgan fingerprint density at radius 2 is 1.79 bits per heavy atom. The van der Waals surface area contributed by atoms with Crippen LogP contribution in [0.3, 0.4) is 0 Å². The maximum absolute atomic E-state index is 6.16. The van der Waals surface area contributed by atoms with E-state index in [4.69, 9.17) is 9.73 Å². The molecule has 0 amide bonds. The van der Waals surface area contributed by atoms with Gasteiger partial charge >= 0.3 is 0 Å². The zero-order valence-electron chi connectivity index (χ0n) is 20.1. The van der Waals surface area contributed by atoms with Crippen LogP contribution in [0.2, 0.25) is 0 Å². The van der Waals surface area contributed by atoms with Crippen LogP contribution in [0.1, 0.15) is 48.6 Å². The van der Waals surface area contributed by atoms with Gasteiger partial charge in [-0.25, -0.2) is 4.99 Å². The Morgan fingerprint density at radius 3 is 2.45 bits per heavy atom. The lowest BCUT2D eigenvalue weighted by molar-refractivity contribution is 0.215. The number of aromatic nitrogens is 3. The predicted molar refractivity (Wildman–Crippen MR) is 144 cm³/mol. The smallest absolute Gasteiger partial charge is 0.192 e. The monoisotopic (exact) mass is 562 g/mol. The van der Waals surface area contributed by atoms with Crippen molar-refractivity contribution in [1.82, 2.24) is 25.4 Å². The lowest BCUT2D eigenvalue weighted by Gasteiger charge is -2.18. The third-order valence-electron chi connectivity index (χ3n) is 5.43. The number of aryl methyl sites for hydroxylation is 2. The van der Waals surface area contributed by atoms with Gasteiger partial charge in [-0.3, -0.25) is 0 Å². The second-order valence-electron chi connectivity index (χ2n) is 8.03. The molecular weight excluding hydrogens is 527 g/mol. The first kappa shape index (κ1) is 26.6. The normalized spacial score (nSPS) is 12.1. The van der Waals surface area contributed by atoms with Crippen molar-refractivity contribution < 1.29 is 4.74 Å². The van der Waals surface area contributed by atoms with Gasteiger partial charge in [0.05, 0.1) is 19.2 Å². The van der Waals surface area contributed by atoms with Crippen molar-refractivity contribution in [3.05, 3.63) is 76.9 Å². The van der Waals surface area contributed by atoms with Crippen molar-refractivity contribution in [3.8, 4) is 5.75 Å². The van der Waals surface area contributed by atoms with Gasteiger partial charge in [0.15, 0.2) is 11.8 Å². The maximum atomic E-state index is 6.16. The van der Waals surface area contributed by atoms with E-state index >= 15 is 0 Å². The number of halogens is 1. The van der Waals surface area contributed by atoms with Crippen molar-refractivity contribution in [2.24, 2.45) is 12.0 Å². The molecule has 178 valence electrons. The van der Waals surface area contributed by atoms with E-state index < -0.39 is 0 Å². The van der Waals surface area contributed by atoms with Crippen molar-refractivity contribution >= 4 is 29.9 Å². The summed E-state index contributed by atoms with van der Waals surface area (Å²) in [4.78, 5) is 4.78. The predicted octanol–water partition coefficient (Wildman–Crippen LogP) is 4.66. The van der Waals surface area contributed by atoms with E-state index in [1.54, 1.807) is 0 Å². The van der Waals surface area contributed by atoms with Crippen LogP contribution in [0.5, 0.6) is 5.75 Å². The van der Waals surface area contributed by atoms with Gasteiger partial charge in [0.1, 0.15) is 11.6 Å². The van der Waals surface area contributed by atoms with E-state index in [2.05, 4.69) is 71.9 Å². The Bertz CT molecular complexity index is 1030. The zero-order chi connectivity index (χ0) is 22.9. The summed E-state index contributed by atoms with van der Waals surface area (Å²) in [5.41, 5.74) is 3.43. The van der Waals surface area contributed by atoms with Crippen LogP contribution in [-0.2, 0) is 26.7 Å². The molecule has 0 bridgehead atoms. The first-order valence-electron chi connectivity index (χ1n) is 11.1. The van der Waals surface area contributed by atoms with Crippen LogP contribution >= 0.6 is 24.0 Å². The Labute approximate surface area is 214 Å². The highest BCUT2D eigenvalue weighted by molar-refractivity contribution is 14.0.